The van der Waals surface area contributed by atoms with Crippen molar-refractivity contribution in [2.45, 2.75) is 6.92 Å². The second-order valence-electron chi connectivity index (χ2n) is 3.41. The van der Waals surface area contributed by atoms with E-state index in [9.17, 15) is 10.1 Å². The first kappa shape index (κ1) is 10.2. The number of nitrogens with two attached hydrogens (primary N) is 1. The number of nitrogens with zero attached hydrogens (tertiary/aromatic N) is 2. The number of hydrogen-bond acceptors (Lipinski definition) is 4. The minimum absolute atomic E-state index is 0.0886. The molecule has 3 N–H and O–H groups in total. The van der Waals surface area contributed by atoms with Crippen LogP contribution in [0.4, 0.5) is 11.5 Å². The molecule has 0 atom stereocenters. The second kappa shape index (κ2) is 3.65. The van der Waals surface area contributed by atoms with Gasteiger partial charge in [-0.05, 0) is 6.92 Å². The van der Waals surface area contributed by atoms with Crippen molar-refractivity contribution in [3.8, 4) is 11.3 Å². The van der Waals surface area contributed by atoms with Gasteiger partial charge in [0.2, 0.25) is 0 Å². The number of hydrogen-bond donors (Lipinski definition) is 2. The van der Waals surface area contributed by atoms with Crippen LogP contribution in [0, 0.1) is 17.0 Å². The van der Waals surface area contributed by atoms with Gasteiger partial charge in [0.1, 0.15) is 5.82 Å². The summed E-state index contributed by atoms with van der Waals surface area (Å²) in [4.78, 5) is 10.4. The van der Waals surface area contributed by atoms with Crippen molar-refractivity contribution in [3.05, 3.63) is 39.9 Å². The van der Waals surface area contributed by atoms with Crippen molar-refractivity contribution in [2.24, 2.45) is 0 Å². The highest BCUT2D eigenvalue weighted by atomic mass is 16.6. The van der Waals surface area contributed by atoms with E-state index in [-0.39, 0.29) is 5.69 Å². The average molecular weight is 218 g/mol. The fraction of sp³-hybridized carbons (Fsp3) is 0.100. The maximum Gasteiger partial charge on any atom is 0.272 e. The van der Waals surface area contributed by atoms with E-state index in [1.54, 1.807) is 25.1 Å². The number of rotatable bonds is 2. The van der Waals surface area contributed by atoms with E-state index in [0.29, 0.717) is 17.1 Å². The Kier molecular flexibility index (Phi) is 2.32. The summed E-state index contributed by atoms with van der Waals surface area (Å²) in [5, 5.41) is 17.3. The van der Waals surface area contributed by atoms with Crippen molar-refractivity contribution in [1.82, 2.24) is 10.2 Å². The predicted molar refractivity (Wildman–Crippen MR) is 59.8 cm³/mol. The lowest BCUT2D eigenvalue weighted by atomic mass is 10.0. The molecule has 1 aromatic heterocycles. The van der Waals surface area contributed by atoms with Crippen molar-refractivity contribution >= 4 is 11.5 Å². The van der Waals surface area contributed by atoms with Crippen LogP contribution in [-0.4, -0.2) is 15.1 Å². The van der Waals surface area contributed by atoms with Crippen molar-refractivity contribution in [1.29, 1.82) is 0 Å². The molecule has 82 valence electrons. The number of nitro benzene ring substituents is 1. The molecule has 2 rings (SSSR count). The molecule has 0 spiro atoms. The molecule has 0 fully saturated rings. The SMILES string of the molecule is Cc1c(-c2cc(N)n[nH]2)cccc1[N+](=O)[O-]. The van der Waals surface area contributed by atoms with Gasteiger partial charge < -0.3 is 5.73 Å². The standard InChI is InChI=1S/C10H10N4O2/c1-6-7(8-5-10(11)13-12-8)3-2-4-9(6)14(15)16/h2-5H,1H3,(H3,11,12,13). The summed E-state index contributed by atoms with van der Waals surface area (Å²) in [5.41, 5.74) is 7.58. The summed E-state index contributed by atoms with van der Waals surface area (Å²) in [5.74, 6) is 0.362. The van der Waals surface area contributed by atoms with Gasteiger partial charge in [-0.25, -0.2) is 0 Å². The predicted octanol–water partition coefficient (Wildman–Crippen LogP) is 1.88. The molecule has 1 heterocycles. The van der Waals surface area contributed by atoms with Gasteiger partial charge in [-0.3, -0.25) is 15.2 Å². The van der Waals surface area contributed by atoms with Gasteiger partial charge in [-0.1, -0.05) is 12.1 Å². The number of nitrogen functional groups attached to an aromatic ring is 1. The smallest absolute Gasteiger partial charge is 0.272 e. The summed E-state index contributed by atoms with van der Waals surface area (Å²) < 4.78 is 0. The first-order chi connectivity index (χ1) is 7.59. The highest BCUT2D eigenvalue weighted by molar-refractivity contribution is 5.69. The summed E-state index contributed by atoms with van der Waals surface area (Å²) in [6.07, 6.45) is 0. The van der Waals surface area contributed by atoms with Gasteiger partial charge in [0.05, 0.1) is 10.6 Å². The first-order valence-corrected chi connectivity index (χ1v) is 4.65. The number of H-pyrrole nitrogens is 1. The third kappa shape index (κ3) is 1.60. The molecule has 6 heteroatoms. The van der Waals surface area contributed by atoms with E-state index >= 15 is 0 Å². The molecule has 0 saturated heterocycles. The van der Waals surface area contributed by atoms with Crippen LogP contribution in [0.3, 0.4) is 0 Å². The summed E-state index contributed by atoms with van der Waals surface area (Å²) in [6, 6.07) is 6.54. The minimum atomic E-state index is -0.404. The Hall–Kier alpha value is -2.37. The van der Waals surface area contributed by atoms with E-state index in [1.165, 1.54) is 6.07 Å². The largest absolute Gasteiger partial charge is 0.382 e. The van der Waals surface area contributed by atoms with Gasteiger partial charge in [-0.2, -0.15) is 5.10 Å². The van der Waals surface area contributed by atoms with Gasteiger partial charge in [0.15, 0.2) is 0 Å². The van der Waals surface area contributed by atoms with Crippen LogP contribution >= 0.6 is 0 Å². The number of anilines is 1. The highest BCUT2D eigenvalue weighted by Crippen LogP contribution is 2.28. The van der Waals surface area contributed by atoms with E-state index in [1.807, 2.05) is 0 Å². The Morgan fingerprint density at radius 3 is 2.81 bits per heavy atom. The number of aromatic nitrogens is 2. The molecule has 6 nitrogen and oxygen atoms in total. The molecule has 0 radical (unpaired) electrons. The van der Waals surface area contributed by atoms with Crippen LogP contribution in [0.2, 0.25) is 0 Å². The van der Waals surface area contributed by atoms with Gasteiger partial charge in [-0.15, -0.1) is 0 Å². The third-order valence-electron chi connectivity index (χ3n) is 2.39. The molecule has 2 aromatic rings. The van der Waals surface area contributed by atoms with Gasteiger partial charge in [0.25, 0.3) is 5.69 Å². The third-order valence-corrected chi connectivity index (χ3v) is 2.39. The minimum Gasteiger partial charge on any atom is -0.382 e. The maximum atomic E-state index is 10.8. The number of benzene rings is 1. The summed E-state index contributed by atoms with van der Waals surface area (Å²) >= 11 is 0. The van der Waals surface area contributed by atoms with Gasteiger partial charge >= 0.3 is 0 Å². The Morgan fingerprint density at radius 2 is 2.25 bits per heavy atom. The highest BCUT2D eigenvalue weighted by Gasteiger charge is 2.15. The van der Waals surface area contributed by atoms with Crippen LogP contribution in [0.15, 0.2) is 24.3 Å². The summed E-state index contributed by atoms with van der Waals surface area (Å²) in [7, 11) is 0. The van der Waals surface area contributed by atoms with Crippen LogP contribution in [0.25, 0.3) is 11.3 Å². The molecule has 0 bridgehead atoms. The average Bonchev–Trinajstić information content (AvgIpc) is 2.64. The lowest BCUT2D eigenvalue weighted by molar-refractivity contribution is -0.385. The molecule has 0 saturated carbocycles. The molecule has 0 aliphatic carbocycles. The second-order valence-corrected chi connectivity index (χ2v) is 3.41. The molecule has 16 heavy (non-hydrogen) atoms. The Labute approximate surface area is 91.2 Å². The number of nitrogens with one attached hydrogen (secondary N) is 1. The molecule has 0 amide bonds. The molecular weight excluding hydrogens is 208 g/mol. The normalized spacial score (nSPS) is 10.3. The lowest BCUT2D eigenvalue weighted by Crippen LogP contribution is -1.93. The fourth-order valence-electron chi connectivity index (χ4n) is 1.59. The zero-order valence-electron chi connectivity index (χ0n) is 8.60. The van der Waals surface area contributed by atoms with Crippen molar-refractivity contribution in [3.63, 3.8) is 0 Å². The van der Waals surface area contributed by atoms with E-state index in [2.05, 4.69) is 10.2 Å². The zero-order chi connectivity index (χ0) is 11.7. The van der Waals surface area contributed by atoms with E-state index in [0.717, 1.165) is 5.56 Å². The Bertz CT molecular complexity index is 548. The van der Waals surface area contributed by atoms with E-state index in [4.69, 9.17) is 5.73 Å². The van der Waals surface area contributed by atoms with Crippen molar-refractivity contribution in [2.75, 3.05) is 5.73 Å². The maximum absolute atomic E-state index is 10.8. The first-order valence-electron chi connectivity index (χ1n) is 4.65. The van der Waals surface area contributed by atoms with Gasteiger partial charge in [0, 0.05) is 23.3 Å². The molecule has 0 aliphatic rings. The van der Waals surface area contributed by atoms with Crippen LogP contribution in [-0.2, 0) is 0 Å². The molecular formula is C10H10N4O2. The fourth-order valence-corrected chi connectivity index (χ4v) is 1.59. The number of nitro groups is 1. The Morgan fingerprint density at radius 1 is 1.50 bits per heavy atom. The van der Waals surface area contributed by atoms with Crippen molar-refractivity contribution < 1.29 is 4.92 Å². The molecule has 0 aliphatic heterocycles. The molecule has 0 unspecified atom stereocenters. The quantitative estimate of drug-likeness (QED) is 0.593. The zero-order valence-corrected chi connectivity index (χ0v) is 8.60. The van der Waals surface area contributed by atoms with Crippen LogP contribution < -0.4 is 5.73 Å². The lowest BCUT2D eigenvalue weighted by Gasteiger charge is -2.03. The monoisotopic (exact) mass is 218 g/mol. The molecule has 1 aromatic carbocycles. The van der Waals surface area contributed by atoms with E-state index < -0.39 is 4.92 Å². The summed E-state index contributed by atoms with van der Waals surface area (Å²) in [6.45, 7) is 1.70. The topological polar surface area (TPSA) is 97.8 Å². The number of aromatic amines is 1. The van der Waals surface area contributed by atoms with Crippen LogP contribution in [0.1, 0.15) is 5.56 Å². The Balaban J connectivity index is 2.58. The van der Waals surface area contributed by atoms with Crippen LogP contribution in [0.5, 0.6) is 0 Å².